The molecule has 2 heterocycles. The number of ether oxygens (including phenoxy) is 1. The lowest BCUT2D eigenvalue weighted by Crippen LogP contribution is -2.53. The van der Waals surface area contributed by atoms with Crippen LogP contribution < -0.4 is 15.8 Å². The van der Waals surface area contributed by atoms with E-state index >= 15 is 0 Å². The molecule has 1 unspecified atom stereocenters. The molecule has 0 saturated heterocycles. The second kappa shape index (κ2) is 11.0. The summed E-state index contributed by atoms with van der Waals surface area (Å²) in [5, 5.41) is 3.19. The van der Waals surface area contributed by atoms with Crippen LogP contribution in [-0.2, 0) is 4.79 Å². The lowest BCUT2D eigenvalue weighted by Gasteiger charge is -2.41. The zero-order valence-corrected chi connectivity index (χ0v) is 23.2. The van der Waals surface area contributed by atoms with Crippen LogP contribution in [0.1, 0.15) is 86.9 Å². The maximum Gasteiger partial charge on any atom is 0.251 e. The van der Waals surface area contributed by atoms with Crippen LogP contribution >= 0.6 is 0 Å². The first-order valence-electron chi connectivity index (χ1n) is 13.4. The molecule has 0 fully saturated rings. The van der Waals surface area contributed by atoms with Crippen molar-refractivity contribution >= 4 is 17.8 Å². The minimum atomic E-state index is -0.746. The number of rotatable bonds is 8. The summed E-state index contributed by atoms with van der Waals surface area (Å²) < 4.78 is 6.12. The van der Waals surface area contributed by atoms with E-state index in [0.717, 1.165) is 16.9 Å². The van der Waals surface area contributed by atoms with Gasteiger partial charge in [-0.1, -0.05) is 50.3 Å². The van der Waals surface area contributed by atoms with Gasteiger partial charge in [-0.05, 0) is 49.9 Å². The van der Waals surface area contributed by atoms with Gasteiger partial charge in [0.2, 0.25) is 5.91 Å². The molecule has 39 heavy (non-hydrogen) atoms. The number of para-hydroxylation sites is 1. The number of fused-ring (bicyclic) bond motifs is 1. The molecule has 0 spiro atoms. The molecule has 204 valence electrons. The third-order valence-corrected chi connectivity index (χ3v) is 7.71. The summed E-state index contributed by atoms with van der Waals surface area (Å²) in [4.78, 5) is 33.2. The predicted octanol–water partition coefficient (Wildman–Crippen LogP) is 5.30. The van der Waals surface area contributed by atoms with Crippen molar-refractivity contribution in [3.63, 3.8) is 0 Å². The van der Waals surface area contributed by atoms with Crippen molar-refractivity contribution in [2.24, 2.45) is 16.6 Å². The highest BCUT2D eigenvalue weighted by atomic mass is 16.5. The Balaban J connectivity index is 1.64. The van der Waals surface area contributed by atoms with Gasteiger partial charge in [-0.2, -0.15) is 0 Å². The normalized spacial score (nSPS) is 22.7. The van der Waals surface area contributed by atoms with Gasteiger partial charge in [0.15, 0.2) is 5.96 Å². The Hall–Kier alpha value is -4.05. The third-order valence-electron chi connectivity index (χ3n) is 7.71. The SMILES string of the molecule is C#CCCC(c1cccc(C(=O)N[C@H]2CC(C)(C)Oc3ccccc32)c1)N1C(=O)C[C@@](C=C)(C(C)C)N=C1N. The van der Waals surface area contributed by atoms with Gasteiger partial charge in [-0.3, -0.25) is 14.5 Å². The van der Waals surface area contributed by atoms with E-state index in [4.69, 9.17) is 21.9 Å². The summed E-state index contributed by atoms with van der Waals surface area (Å²) in [6.45, 7) is 11.9. The Bertz CT molecular complexity index is 1340. The van der Waals surface area contributed by atoms with Gasteiger partial charge in [0.25, 0.3) is 5.91 Å². The van der Waals surface area contributed by atoms with E-state index < -0.39 is 17.2 Å². The molecule has 7 heteroatoms. The molecule has 3 atom stereocenters. The second-order valence-corrected chi connectivity index (χ2v) is 11.3. The first-order valence-corrected chi connectivity index (χ1v) is 13.4. The number of terminal acetylenes is 1. The van der Waals surface area contributed by atoms with Crippen molar-refractivity contribution in [3.05, 3.63) is 77.9 Å². The molecule has 2 aliphatic heterocycles. The number of amides is 2. The van der Waals surface area contributed by atoms with Crippen molar-refractivity contribution < 1.29 is 14.3 Å². The standard InChI is InChI=1S/C32H38N4O3/c1-7-9-16-26(36-28(37)20-32(8-2,21(3)4)35-30(36)33)22-13-12-14-23(18-22)29(38)34-25-19-31(5,6)39-27-17-11-10-15-24(25)27/h1,8,10-15,17-18,21,25-26H,2,9,16,19-20H2,3-6H3,(H2,33,35)(H,34,38)/t25-,26?,32-/m0/s1. The summed E-state index contributed by atoms with van der Waals surface area (Å²) >= 11 is 0. The van der Waals surface area contributed by atoms with Crippen LogP contribution in [0.3, 0.4) is 0 Å². The molecule has 2 aromatic rings. The van der Waals surface area contributed by atoms with Gasteiger partial charge in [-0.25, -0.2) is 4.99 Å². The Kier molecular flexibility index (Phi) is 7.87. The molecule has 0 bridgehead atoms. The van der Waals surface area contributed by atoms with Crippen molar-refractivity contribution in [3.8, 4) is 18.1 Å². The van der Waals surface area contributed by atoms with Gasteiger partial charge < -0.3 is 15.8 Å². The average Bonchev–Trinajstić information content (AvgIpc) is 2.89. The molecule has 3 N–H and O–H groups in total. The molecule has 4 rings (SSSR count). The summed E-state index contributed by atoms with van der Waals surface area (Å²) in [5.41, 5.74) is 7.47. The Morgan fingerprint density at radius 1 is 1.31 bits per heavy atom. The molecular formula is C32H38N4O3. The molecule has 0 aliphatic carbocycles. The topological polar surface area (TPSA) is 97.0 Å². The van der Waals surface area contributed by atoms with Crippen molar-refractivity contribution in [2.45, 2.75) is 76.6 Å². The summed E-state index contributed by atoms with van der Waals surface area (Å²) in [6.07, 6.45) is 9.02. The van der Waals surface area contributed by atoms with Crippen molar-refractivity contribution in [1.29, 1.82) is 0 Å². The van der Waals surface area contributed by atoms with Crippen LogP contribution in [0.15, 0.2) is 66.2 Å². The Morgan fingerprint density at radius 3 is 2.72 bits per heavy atom. The smallest absolute Gasteiger partial charge is 0.251 e. The molecule has 0 aromatic heterocycles. The summed E-state index contributed by atoms with van der Waals surface area (Å²) in [6, 6.07) is 14.4. The number of carbonyl (C=O) groups is 2. The highest BCUT2D eigenvalue weighted by molar-refractivity contribution is 6.00. The van der Waals surface area contributed by atoms with E-state index in [-0.39, 0.29) is 36.2 Å². The Labute approximate surface area is 231 Å². The van der Waals surface area contributed by atoms with Gasteiger partial charge in [0.1, 0.15) is 11.4 Å². The Morgan fingerprint density at radius 2 is 2.05 bits per heavy atom. The molecule has 2 amide bonds. The zero-order valence-electron chi connectivity index (χ0n) is 23.2. The number of carbonyl (C=O) groups excluding carboxylic acids is 2. The summed E-state index contributed by atoms with van der Waals surface area (Å²) in [7, 11) is 0. The zero-order chi connectivity index (χ0) is 28.4. The van der Waals surface area contributed by atoms with Crippen LogP contribution in [0.5, 0.6) is 5.75 Å². The molecule has 2 aromatic carbocycles. The number of benzene rings is 2. The van der Waals surface area contributed by atoms with Gasteiger partial charge in [-0.15, -0.1) is 18.9 Å². The van der Waals surface area contributed by atoms with E-state index in [1.807, 2.05) is 70.2 Å². The van der Waals surface area contributed by atoms with Gasteiger partial charge in [0.05, 0.1) is 24.0 Å². The van der Waals surface area contributed by atoms with Gasteiger partial charge >= 0.3 is 0 Å². The fraction of sp³-hybridized carbons (Fsp3) is 0.406. The predicted molar refractivity (Wildman–Crippen MR) is 154 cm³/mol. The molecule has 2 aliphatic rings. The number of nitrogens with two attached hydrogens (primary N) is 1. The van der Waals surface area contributed by atoms with E-state index in [0.29, 0.717) is 24.8 Å². The van der Waals surface area contributed by atoms with Crippen molar-refractivity contribution in [2.75, 3.05) is 0 Å². The molecular weight excluding hydrogens is 488 g/mol. The maximum atomic E-state index is 13.5. The van der Waals surface area contributed by atoms with Crippen molar-refractivity contribution in [1.82, 2.24) is 10.2 Å². The van der Waals surface area contributed by atoms with Crippen LogP contribution in [0.4, 0.5) is 0 Å². The number of nitrogens with zero attached hydrogens (tertiary/aromatic N) is 2. The molecule has 0 radical (unpaired) electrons. The third kappa shape index (κ3) is 5.70. The van der Waals surface area contributed by atoms with E-state index in [1.54, 1.807) is 12.1 Å². The minimum absolute atomic E-state index is 0.0520. The van der Waals surface area contributed by atoms with E-state index in [9.17, 15) is 9.59 Å². The lowest BCUT2D eigenvalue weighted by atomic mass is 9.82. The number of nitrogens with one attached hydrogen (secondary N) is 1. The lowest BCUT2D eigenvalue weighted by molar-refractivity contribution is -0.131. The van der Waals surface area contributed by atoms with Crippen LogP contribution in [0, 0.1) is 18.3 Å². The fourth-order valence-electron chi connectivity index (χ4n) is 5.51. The summed E-state index contributed by atoms with van der Waals surface area (Å²) in [5.74, 6) is 3.28. The highest BCUT2D eigenvalue weighted by Gasteiger charge is 2.42. The monoisotopic (exact) mass is 526 g/mol. The van der Waals surface area contributed by atoms with Crippen LogP contribution in [-0.4, -0.2) is 33.8 Å². The molecule has 7 nitrogen and oxygen atoms in total. The molecule has 0 saturated carbocycles. The average molecular weight is 527 g/mol. The second-order valence-electron chi connectivity index (χ2n) is 11.3. The largest absolute Gasteiger partial charge is 0.487 e. The number of hydrogen-bond donors (Lipinski definition) is 2. The first kappa shape index (κ1) is 28.0. The quantitative estimate of drug-likeness (QED) is 0.360. The number of guanidine groups is 1. The first-order chi connectivity index (χ1) is 18.5. The van der Waals surface area contributed by atoms with E-state index in [2.05, 4.69) is 17.8 Å². The highest BCUT2D eigenvalue weighted by Crippen LogP contribution is 2.40. The van der Waals surface area contributed by atoms with Crippen LogP contribution in [0.2, 0.25) is 0 Å². The number of aliphatic imine (C=N–C) groups is 1. The minimum Gasteiger partial charge on any atom is -0.487 e. The van der Waals surface area contributed by atoms with E-state index in [1.165, 1.54) is 4.90 Å². The van der Waals surface area contributed by atoms with Gasteiger partial charge in [0, 0.05) is 24.0 Å². The van der Waals surface area contributed by atoms with Crippen LogP contribution in [0.25, 0.3) is 0 Å². The maximum absolute atomic E-state index is 13.5. The fourth-order valence-corrected chi connectivity index (χ4v) is 5.51. The number of hydrogen-bond acceptors (Lipinski definition) is 5.